The molecule has 0 saturated carbocycles. The van der Waals surface area contributed by atoms with E-state index in [0.29, 0.717) is 5.82 Å². The van der Waals surface area contributed by atoms with E-state index in [2.05, 4.69) is 103 Å². The Morgan fingerprint density at radius 3 is 2.04 bits per heavy atom. The molecule has 0 atom stereocenters. The van der Waals surface area contributed by atoms with Gasteiger partial charge in [0.1, 0.15) is 22.3 Å². The van der Waals surface area contributed by atoms with Gasteiger partial charge in [-0.3, -0.25) is 0 Å². The molecular weight excluding hydrogens is 621 g/mol. The van der Waals surface area contributed by atoms with Crippen molar-refractivity contribution < 1.29 is 8.83 Å². The van der Waals surface area contributed by atoms with Crippen LogP contribution in [0.5, 0.6) is 0 Å². The van der Waals surface area contributed by atoms with E-state index in [1.54, 1.807) is 11.3 Å². The Morgan fingerprint density at radius 1 is 0.449 bits per heavy atom. The molecule has 7 aromatic carbocycles. The molecule has 0 N–H and O–H groups in total. The average molecular weight is 645 g/mol. The number of rotatable bonds is 3. The van der Waals surface area contributed by atoms with Crippen molar-refractivity contribution >= 4 is 86.3 Å². The lowest BCUT2D eigenvalue weighted by Crippen LogP contribution is -1.94. The van der Waals surface area contributed by atoms with Crippen LogP contribution >= 0.6 is 11.3 Å². The molecule has 0 aliphatic heterocycles. The molecule has 0 saturated heterocycles. The van der Waals surface area contributed by atoms with Crippen LogP contribution in [0.2, 0.25) is 0 Å². The van der Waals surface area contributed by atoms with Gasteiger partial charge in [0.15, 0.2) is 5.82 Å². The number of fused-ring (bicyclic) bond motifs is 10. The number of aromatic nitrogens is 2. The highest BCUT2D eigenvalue weighted by Crippen LogP contribution is 2.43. The number of hydrogen-bond acceptors (Lipinski definition) is 5. The lowest BCUT2D eigenvalue weighted by atomic mass is 10.0. The van der Waals surface area contributed by atoms with Crippen LogP contribution in [-0.4, -0.2) is 9.97 Å². The summed E-state index contributed by atoms with van der Waals surface area (Å²) >= 11 is 1.74. The maximum Gasteiger partial charge on any atom is 0.161 e. The molecule has 0 amide bonds. The van der Waals surface area contributed by atoms with Gasteiger partial charge in [-0.2, -0.15) is 0 Å². The first-order valence-electron chi connectivity index (χ1n) is 16.3. The molecule has 5 heteroatoms. The maximum atomic E-state index is 6.34. The van der Waals surface area contributed by atoms with Gasteiger partial charge in [0, 0.05) is 42.8 Å². The van der Waals surface area contributed by atoms with Gasteiger partial charge in [0.2, 0.25) is 0 Å². The summed E-state index contributed by atoms with van der Waals surface area (Å²) in [5.41, 5.74) is 9.54. The van der Waals surface area contributed by atoms with E-state index in [0.717, 1.165) is 76.3 Å². The van der Waals surface area contributed by atoms with Gasteiger partial charge in [0.05, 0.1) is 15.9 Å². The summed E-state index contributed by atoms with van der Waals surface area (Å²) in [6.07, 6.45) is 0. The molecule has 4 aromatic heterocycles. The van der Waals surface area contributed by atoms with Crippen LogP contribution in [-0.2, 0) is 0 Å². The third-order valence-corrected chi connectivity index (χ3v) is 10.8. The standard InChI is InChI=1S/C44H24N2O2S/c1-2-9-26-22-27(17-16-25(26)8-1)28-18-21-33-39(24-28)49-43-41(29-19-20-31-30-10-3-5-13-35(30)48-38(31)23-29)45-44(46-42(33)43)34-12-7-15-37-40(34)32-11-4-6-14-36(32)47-37/h1-24H. The second-order valence-corrected chi connectivity index (χ2v) is 13.6. The predicted molar refractivity (Wildman–Crippen MR) is 203 cm³/mol. The molecule has 49 heavy (non-hydrogen) atoms. The van der Waals surface area contributed by atoms with E-state index >= 15 is 0 Å². The van der Waals surface area contributed by atoms with Crippen molar-refractivity contribution in [1.82, 2.24) is 9.97 Å². The zero-order chi connectivity index (χ0) is 32.1. The van der Waals surface area contributed by atoms with Crippen LogP contribution in [0.15, 0.2) is 154 Å². The van der Waals surface area contributed by atoms with Crippen LogP contribution in [0.3, 0.4) is 0 Å². The van der Waals surface area contributed by atoms with E-state index in [9.17, 15) is 0 Å². The molecule has 0 bridgehead atoms. The Morgan fingerprint density at radius 2 is 1.12 bits per heavy atom. The first kappa shape index (κ1) is 26.7. The van der Waals surface area contributed by atoms with Crippen molar-refractivity contribution in [1.29, 1.82) is 0 Å². The van der Waals surface area contributed by atoms with Crippen molar-refractivity contribution in [3.63, 3.8) is 0 Å². The van der Waals surface area contributed by atoms with Crippen molar-refractivity contribution in [3.05, 3.63) is 146 Å². The van der Waals surface area contributed by atoms with Crippen LogP contribution in [0.4, 0.5) is 0 Å². The number of hydrogen-bond donors (Lipinski definition) is 0. The number of para-hydroxylation sites is 2. The van der Waals surface area contributed by atoms with Crippen molar-refractivity contribution in [3.8, 4) is 33.8 Å². The zero-order valence-electron chi connectivity index (χ0n) is 26.0. The van der Waals surface area contributed by atoms with E-state index in [4.69, 9.17) is 18.8 Å². The highest BCUT2D eigenvalue weighted by atomic mass is 32.1. The topological polar surface area (TPSA) is 52.1 Å². The SMILES string of the molecule is c1ccc2cc(-c3ccc4c(c3)sc3c(-c5ccc6c(c5)oc5ccccc56)nc(-c5cccc6oc7ccccc7c56)nc34)ccc2c1. The van der Waals surface area contributed by atoms with Gasteiger partial charge >= 0.3 is 0 Å². The highest BCUT2D eigenvalue weighted by molar-refractivity contribution is 7.26. The first-order chi connectivity index (χ1) is 24.2. The van der Waals surface area contributed by atoms with Gasteiger partial charge in [0.25, 0.3) is 0 Å². The lowest BCUT2D eigenvalue weighted by molar-refractivity contribution is 0.668. The molecule has 11 rings (SSSR count). The smallest absolute Gasteiger partial charge is 0.161 e. The predicted octanol–water partition coefficient (Wildman–Crippen LogP) is 12.8. The fourth-order valence-corrected chi connectivity index (χ4v) is 8.53. The third-order valence-electron chi connectivity index (χ3n) is 9.69. The molecule has 0 unspecified atom stereocenters. The fourth-order valence-electron chi connectivity index (χ4n) is 7.34. The van der Waals surface area contributed by atoms with Crippen LogP contribution in [0, 0.1) is 0 Å². The number of furan rings is 2. The summed E-state index contributed by atoms with van der Waals surface area (Å²) in [6, 6.07) is 50.8. The van der Waals surface area contributed by atoms with Gasteiger partial charge in [-0.15, -0.1) is 11.3 Å². The average Bonchev–Trinajstić information content (AvgIpc) is 3.84. The summed E-state index contributed by atoms with van der Waals surface area (Å²) in [5.74, 6) is 0.669. The number of nitrogens with zero attached hydrogens (tertiary/aromatic N) is 2. The second-order valence-electron chi connectivity index (χ2n) is 12.5. The third kappa shape index (κ3) is 4.03. The molecule has 0 aliphatic carbocycles. The number of benzene rings is 7. The lowest BCUT2D eigenvalue weighted by Gasteiger charge is -2.08. The first-order valence-corrected chi connectivity index (χ1v) is 17.1. The summed E-state index contributed by atoms with van der Waals surface area (Å²) in [5, 5.41) is 7.87. The number of thiophene rings is 1. The van der Waals surface area contributed by atoms with Crippen molar-refractivity contribution in [2.45, 2.75) is 0 Å². The Balaban J connectivity index is 1.18. The Kier molecular flexibility index (Phi) is 5.51. The molecule has 228 valence electrons. The Bertz CT molecular complexity index is 3130. The van der Waals surface area contributed by atoms with Crippen molar-refractivity contribution in [2.75, 3.05) is 0 Å². The van der Waals surface area contributed by atoms with E-state index in [1.165, 1.54) is 26.6 Å². The van der Waals surface area contributed by atoms with Gasteiger partial charge in [-0.1, -0.05) is 103 Å². The molecule has 0 spiro atoms. The second kappa shape index (κ2) is 10.1. The summed E-state index contributed by atoms with van der Waals surface area (Å²) in [4.78, 5) is 10.7. The van der Waals surface area contributed by atoms with Crippen molar-refractivity contribution in [2.24, 2.45) is 0 Å². The minimum absolute atomic E-state index is 0.669. The van der Waals surface area contributed by atoms with Crippen LogP contribution in [0.25, 0.3) is 109 Å². The van der Waals surface area contributed by atoms with Gasteiger partial charge in [-0.05, 0) is 64.4 Å². The molecule has 4 nitrogen and oxygen atoms in total. The highest BCUT2D eigenvalue weighted by Gasteiger charge is 2.21. The summed E-state index contributed by atoms with van der Waals surface area (Å²) in [6.45, 7) is 0. The molecule has 0 fully saturated rings. The monoisotopic (exact) mass is 644 g/mol. The molecule has 4 heterocycles. The van der Waals surface area contributed by atoms with Crippen LogP contribution < -0.4 is 0 Å². The quantitative estimate of drug-likeness (QED) is 0.192. The summed E-state index contributed by atoms with van der Waals surface area (Å²) in [7, 11) is 0. The molecule has 0 aliphatic rings. The van der Waals surface area contributed by atoms with E-state index in [1.807, 2.05) is 42.5 Å². The molecular formula is C44H24N2O2S. The maximum absolute atomic E-state index is 6.34. The minimum atomic E-state index is 0.669. The minimum Gasteiger partial charge on any atom is -0.456 e. The summed E-state index contributed by atoms with van der Waals surface area (Å²) < 4.78 is 14.8. The van der Waals surface area contributed by atoms with Gasteiger partial charge < -0.3 is 8.83 Å². The zero-order valence-corrected chi connectivity index (χ0v) is 26.8. The Labute approximate surface area is 283 Å². The largest absolute Gasteiger partial charge is 0.456 e. The van der Waals surface area contributed by atoms with Gasteiger partial charge in [-0.25, -0.2) is 9.97 Å². The van der Waals surface area contributed by atoms with E-state index in [-0.39, 0.29) is 0 Å². The Hall–Kier alpha value is -6.30. The van der Waals surface area contributed by atoms with Crippen LogP contribution in [0.1, 0.15) is 0 Å². The molecule has 0 radical (unpaired) electrons. The van der Waals surface area contributed by atoms with E-state index < -0.39 is 0 Å². The fraction of sp³-hybridized carbons (Fsp3) is 0. The normalized spacial score (nSPS) is 12.1. The molecule has 11 aromatic rings.